The van der Waals surface area contributed by atoms with Crippen LogP contribution < -0.4 is 4.90 Å². The standard InChI is InChI=1S/C13H13ClN2O2/c14-9-3-1-4-11(7-9)16-12(17)8-10-5-2-6-15(10)13(16)18/h1,3-4,7,10H,2,5-6,8H2. The first-order valence-corrected chi connectivity index (χ1v) is 6.44. The fraction of sp³-hybridized carbons (Fsp3) is 0.385. The maximum Gasteiger partial charge on any atom is 0.331 e. The van der Waals surface area contributed by atoms with Crippen molar-refractivity contribution in [3.05, 3.63) is 29.3 Å². The van der Waals surface area contributed by atoms with Gasteiger partial charge in [-0.05, 0) is 31.0 Å². The van der Waals surface area contributed by atoms with Crippen LogP contribution in [0.3, 0.4) is 0 Å². The summed E-state index contributed by atoms with van der Waals surface area (Å²) in [5.41, 5.74) is 0.558. The lowest BCUT2D eigenvalue weighted by molar-refractivity contribution is -0.119. The van der Waals surface area contributed by atoms with E-state index in [-0.39, 0.29) is 18.0 Å². The monoisotopic (exact) mass is 264 g/mol. The number of fused-ring (bicyclic) bond motifs is 1. The molecule has 0 N–H and O–H groups in total. The Morgan fingerprint density at radius 3 is 2.89 bits per heavy atom. The van der Waals surface area contributed by atoms with Crippen LogP contribution in [-0.4, -0.2) is 29.4 Å². The van der Waals surface area contributed by atoms with Crippen molar-refractivity contribution >= 4 is 29.2 Å². The molecule has 18 heavy (non-hydrogen) atoms. The Bertz CT molecular complexity index is 517. The second-order valence-corrected chi connectivity index (χ2v) is 5.12. The molecule has 2 fully saturated rings. The summed E-state index contributed by atoms with van der Waals surface area (Å²) in [7, 11) is 0. The molecule has 1 aromatic carbocycles. The summed E-state index contributed by atoms with van der Waals surface area (Å²) < 4.78 is 0. The topological polar surface area (TPSA) is 40.6 Å². The van der Waals surface area contributed by atoms with Gasteiger partial charge in [0.15, 0.2) is 0 Å². The molecule has 4 nitrogen and oxygen atoms in total. The van der Waals surface area contributed by atoms with Gasteiger partial charge in [-0.25, -0.2) is 9.69 Å². The van der Waals surface area contributed by atoms with Crippen molar-refractivity contribution in [1.29, 1.82) is 0 Å². The van der Waals surface area contributed by atoms with Crippen molar-refractivity contribution in [3.8, 4) is 0 Å². The van der Waals surface area contributed by atoms with Crippen LogP contribution in [0.5, 0.6) is 0 Å². The zero-order chi connectivity index (χ0) is 12.7. The SMILES string of the molecule is O=C1CC2CCCN2C(=O)N1c1cccc(Cl)c1. The minimum Gasteiger partial charge on any atom is -0.320 e. The van der Waals surface area contributed by atoms with E-state index in [2.05, 4.69) is 0 Å². The third-order valence-electron chi connectivity index (χ3n) is 3.54. The number of anilines is 1. The van der Waals surface area contributed by atoms with E-state index < -0.39 is 0 Å². The van der Waals surface area contributed by atoms with Gasteiger partial charge in [-0.15, -0.1) is 0 Å². The van der Waals surface area contributed by atoms with Crippen LogP contribution in [-0.2, 0) is 4.79 Å². The summed E-state index contributed by atoms with van der Waals surface area (Å²) in [6.45, 7) is 0.744. The van der Waals surface area contributed by atoms with Gasteiger partial charge in [0.25, 0.3) is 0 Å². The summed E-state index contributed by atoms with van der Waals surface area (Å²) in [5, 5.41) is 0.525. The molecule has 0 spiro atoms. The van der Waals surface area contributed by atoms with E-state index in [1.54, 1.807) is 29.2 Å². The fourth-order valence-electron chi connectivity index (χ4n) is 2.70. The molecule has 94 valence electrons. The molecule has 3 rings (SSSR count). The summed E-state index contributed by atoms with van der Waals surface area (Å²) in [4.78, 5) is 27.4. The highest BCUT2D eigenvalue weighted by molar-refractivity contribution is 6.31. The van der Waals surface area contributed by atoms with Gasteiger partial charge >= 0.3 is 6.03 Å². The second kappa shape index (κ2) is 4.28. The van der Waals surface area contributed by atoms with Crippen LogP contribution in [0.4, 0.5) is 10.5 Å². The zero-order valence-electron chi connectivity index (χ0n) is 9.80. The number of urea groups is 1. The lowest BCUT2D eigenvalue weighted by Crippen LogP contribution is -2.54. The largest absolute Gasteiger partial charge is 0.331 e. The van der Waals surface area contributed by atoms with Crippen molar-refractivity contribution in [3.63, 3.8) is 0 Å². The first-order chi connectivity index (χ1) is 8.66. The maximum absolute atomic E-state index is 12.3. The molecule has 3 amide bonds. The van der Waals surface area contributed by atoms with E-state index in [1.165, 1.54) is 4.90 Å². The summed E-state index contributed by atoms with van der Waals surface area (Å²) in [6.07, 6.45) is 2.33. The number of nitrogens with zero attached hydrogens (tertiary/aromatic N) is 2. The lowest BCUT2D eigenvalue weighted by Gasteiger charge is -2.36. The molecule has 2 saturated heterocycles. The Hall–Kier alpha value is -1.55. The van der Waals surface area contributed by atoms with Crippen LogP contribution in [0.25, 0.3) is 0 Å². The summed E-state index contributed by atoms with van der Waals surface area (Å²) in [5.74, 6) is -0.134. The predicted molar refractivity (Wildman–Crippen MR) is 68.7 cm³/mol. The smallest absolute Gasteiger partial charge is 0.320 e. The molecular weight excluding hydrogens is 252 g/mol. The van der Waals surface area contributed by atoms with Gasteiger partial charge in [-0.3, -0.25) is 4.79 Å². The second-order valence-electron chi connectivity index (χ2n) is 4.69. The van der Waals surface area contributed by atoms with Crippen LogP contribution in [0, 0.1) is 0 Å². The van der Waals surface area contributed by atoms with E-state index in [1.807, 2.05) is 0 Å². The first-order valence-electron chi connectivity index (χ1n) is 6.06. The minimum atomic E-state index is -0.212. The molecule has 2 heterocycles. The van der Waals surface area contributed by atoms with Crippen molar-refractivity contribution in [2.45, 2.75) is 25.3 Å². The molecule has 5 heteroatoms. The number of carbonyl (C=O) groups is 2. The number of halogens is 1. The average molecular weight is 265 g/mol. The van der Waals surface area contributed by atoms with Crippen molar-refractivity contribution in [2.24, 2.45) is 0 Å². The Morgan fingerprint density at radius 1 is 1.28 bits per heavy atom. The Labute approximate surface area is 110 Å². The van der Waals surface area contributed by atoms with Crippen LogP contribution in [0.2, 0.25) is 5.02 Å². The molecule has 2 aliphatic heterocycles. The maximum atomic E-state index is 12.3. The molecule has 0 aromatic heterocycles. The van der Waals surface area contributed by atoms with Gasteiger partial charge in [0.05, 0.1) is 5.69 Å². The third kappa shape index (κ3) is 1.77. The predicted octanol–water partition coefficient (Wildman–Crippen LogP) is 2.66. The zero-order valence-corrected chi connectivity index (χ0v) is 10.6. The normalized spacial score (nSPS) is 23.5. The molecule has 2 aliphatic rings. The molecular formula is C13H13ClN2O2. The highest BCUT2D eigenvalue weighted by Crippen LogP contribution is 2.31. The van der Waals surface area contributed by atoms with E-state index in [0.717, 1.165) is 19.4 Å². The first kappa shape index (κ1) is 11.5. The number of amides is 3. The Balaban J connectivity index is 1.96. The summed E-state index contributed by atoms with van der Waals surface area (Å²) >= 11 is 5.91. The van der Waals surface area contributed by atoms with Gasteiger partial charge < -0.3 is 4.90 Å². The van der Waals surface area contributed by atoms with Gasteiger partial charge in [0.2, 0.25) is 5.91 Å². The molecule has 1 aromatic rings. The molecule has 0 bridgehead atoms. The van der Waals surface area contributed by atoms with Gasteiger partial charge in [0, 0.05) is 24.0 Å². The van der Waals surface area contributed by atoms with E-state index >= 15 is 0 Å². The average Bonchev–Trinajstić information content (AvgIpc) is 2.77. The number of benzene rings is 1. The number of hydrogen-bond acceptors (Lipinski definition) is 2. The highest BCUT2D eigenvalue weighted by atomic mass is 35.5. The molecule has 1 unspecified atom stereocenters. The van der Waals surface area contributed by atoms with Gasteiger partial charge in [-0.2, -0.15) is 0 Å². The van der Waals surface area contributed by atoms with E-state index in [0.29, 0.717) is 17.1 Å². The fourth-order valence-corrected chi connectivity index (χ4v) is 2.88. The van der Waals surface area contributed by atoms with Crippen LogP contribution in [0.1, 0.15) is 19.3 Å². The third-order valence-corrected chi connectivity index (χ3v) is 3.78. The molecule has 1 atom stereocenters. The van der Waals surface area contributed by atoms with E-state index in [4.69, 9.17) is 11.6 Å². The molecule has 0 aliphatic carbocycles. The minimum absolute atomic E-state index is 0.0976. The van der Waals surface area contributed by atoms with Gasteiger partial charge in [0.1, 0.15) is 0 Å². The van der Waals surface area contributed by atoms with Crippen LogP contribution in [0.15, 0.2) is 24.3 Å². The Kier molecular flexibility index (Phi) is 2.74. The Morgan fingerprint density at radius 2 is 2.11 bits per heavy atom. The van der Waals surface area contributed by atoms with Crippen LogP contribution >= 0.6 is 11.6 Å². The number of hydrogen-bond donors (Lipinski definition) is 0. The molecule has 0 saturated carbocycles. The van der Waals surface area contributed by atoms with Crippen molar-refractivity contribution in [2.75, 3.05) is 11.4 Å². The lowest BCUT2D eigenvalue weighted by atomic mass is 10.1. The quantitative estimate of drug-likeness (QED) is 0.782. The van der Waals surface area contributed by atoms with Crippen molar-refractivity contribution in [1.82, 2.24) is 4.90 Å². The number of imide groups is 1. The highest BCUT2D eigenvalue weighted by Gasteiger charge is 2.41. The number of rotatable bonds is 1. The molecule has 0 radical (unpaired) electrons. The summed E-state index contributed by atoms with van der Waals surface area (Å²) in [6, 6.07) is 6.74. The van der Waals surface area contributed by atoms with E-state index in [9.17, 15) is 9.59 Å². The number of carbonyl (C=O) groups excluding carboxylic acids is 2. The van der Waals surface area contributed by atoms with Crippen molar-refractivity contribution < 1.29 is 9.59 Å². The van der Waals surface area contributed by atoms with Gasteiger partial charge in [-0.1, -0.05) is 17.7 Å².